The quantitative estimate of drug-likeness (QED) is 0.340. The van der Waals surface area contributed by atoms with Crippen LogP contribution in [0.15, 0.2) is 58.4 Å². The number of carbonyl (C=O) groups is 2. The molecule has 2 aromatic carbocycles. The molecule has 0 amide bonds. The minimum atomic E-state index is -0.747. The predicted molar refractivity (Wildman–Crippen MR) is 98.7 cm³/mol. The molecule has 0 spiro atoms. The van der Waals surface area contributed by atoms with Crippen LogP contribution >= 0.6 is 23.4 Å². The summed E-state index contributed by atoms with van der Waals surface area (Å²) < 4.78 is 0. The van der Waals surface area contributed by atoms with Gasteiger partial charge in [-0.05, 0) is 31.2 Å². The highest BCUT2D eigenvalue weighted by Crippen LogP contribution is 2.28. The molecule has 0 saturated heterocycles. The Bertz CT molecular complexity index is 779. The number of rotatable bonds is 5. The van der Waals surface area contributed by atoms with Crippen molar-refractivity contribution < 1.29 is 9.59 Å². The van der Waals surface area contributed by atoms with E-state index in [4.69, 9.17) is 11.6 Å². The largest absolute Gasteiger partial charge is 0.293 e. The van der Waals surface area contributed by atoms with E-state index in [1.54, 1.807) is 43.0 Å². The maximum absolute atomic E-state index is 12.4. The Hall–Kier alpha value is -1.91. The van der Waals surface area contributed by atoms with Gasteiger partial charge in [0.1, 0.15) is 5.92 Å². The molecule has 0 radical (unpaired) electrons. The van der Waals surface area contributed by atoms with E-state index >= 15 is 0 Å². The SMILES string of the molecule is CC(=NCCSc1ccc(Cl)cc1)C1C(=O)c2ccccc2C1=O. The molecule has 0 aliphatic heterocycles. The van der Waals surface area contributed by atoms with Crippen molar-refractivity contribution in [2.24, 2.45) is 10.9 Å². The van der Waals surface area contributed by atoms with Crippen LogP contribution in [0.2, 0.25) is 5.02 Å². The molecule has 0 N–H and O–H groups in total. The van der Waals surface area contributed by atoms with E-state index in [0.29, 0.717) is 28.4 Å². The molecule has 0 saturated carbocycles. The number of hydrogen-bond acceptors (Lipinski definition) is 4. The highest BCUT2D eigenvalue weighted by Gasteiger charge is 2.39. The standard InChI is InChI=1S/C19H16ClNO2S/c1-12(21-10-11-24-14-8-6-13(20)7-9-14)17-18(22)15-4-2-3-5-16(15)19(17)23/h2-9,17H,10-11H2,1H3. The van der Waals surface area contributed by atoms with Gasteiger partial charge in [0.15, 0.2) is 11.6 Å². The van der Waals surface area contributed by atoms with Gasteiger partial charge in [0.25, 0.3) is 0 Å². The van der Waals surface area contributed by atoms with Crippen LogP contribution < -0.4 is 0 Å². The van der Waals surface area contributed by atoms with Crippen molar-refractivity contribution >= 4 is 40.6 Å². The zero-order chi connectivity index (χ0) is 17.1. The van der Waals surface area contributed by atoms with Crippen LogP contribution in [0.25, 0.3) is 0 Å². The van der Waals surface area contributed by atoms with Crippen molar-refractivity contribution in [2.45, 2.75) is 11.8 Å². The Morgan fingerprint density at radius 2 is 1.62 bits per heavy atom. The van der Waals surface area contributed by atoms with E-state index < -0.39 is 5.92 Å². The van der Waals surface area contributed by atoms with E-state index in [9.17, 15) is 9.59 Å². The molecule has 0 heterocycles. The molecule has 1 aliphatic carbocycles. The molecule has 0 bridgehead atoms. The molecule has 0 unspecified atom stereocenters. The molecule has 0 fully saturated rings. The van der Waals surface area contributed by atoms with Gasteiger partial charge >= 0.3 is 0 Å². The van der Waals surface area contributed by atoms with Crippen molar-refractivity contribution in [3.05, 3.63) is 64.7 Å². The van der Waals surface area contributed by atoms with E-state index in [0.717, 1.165) is 10.6 Å². The Morgan fingerprint density at radius 1 is 1.04 bits per heavy atom. The summed E-state index contributed by atoms with van der Waals surface area (Å²) in [5, 5.41) is 0.714. The molecule has 3 rings (SSSR count). The summed E-state index contributed by atoms with van der Waals surface area (Å²) >= 11 is 7.52. The first-order valence-electron chi connectivity index (χ1n) is 7.64. The third-order valence-electron chi connectivity index (χ3n) is 3.93. The number of aliphatic imine (C=N–C) groups is 1. The van der Waals surface area contributed by atoms with Crippen LogP contribution in [0.4, 0.5) is 0 Å². The van der Waals surface area contributed by atoms with Crippen molar-refractivity contribution in [3.8, 4) is 0 Å². The van der Waals surface area contributed by atoms with Gasteiger partial charge in [0.05, 0.1) is 0 Å². The Kier molecular flexibility index (Phi) is 5.17. The van der Waals surface area contributed by atoms with Crippen molar-refractivity contribution in [2.75, 3.05) is 12.3 Å². The molecular weight excluding hydrogens is 342 g/mol. The highest BCUT2D eigenvalue weighted by atomic mass is 35.5. The molecule has 0 atom stereocenters. The fourth-order valence-corrected chi connectivity index (χ4v) is 3.60. The third kappa shape index (κ3) is 3.45. The molecule has 0 aromatic heterocycles. The number of benzene rings is 2. The molecule has 5 heteroatoms. The van der Waals surface area contributed by atoms with Crippen LogP contribution in [-0.4, -0.2) is 29.6 Å². The predicted octanol–water partition coefficient (Wildman–Crippen LogP) is 4.59. The zero-order valence-corrected chi connectivity index (χ0v) is 14.7. The molecule has 2 aromatic rings. The summed E-state index contributed by atoms with van der Waals surface area (Å²) in [6.45, 7) is 2.33. The minimum absolute atomic E-state index is 0.137. The molecule has 3 nitrogen and oxygen atoms in total. The summed E-state index contributed by atoms with van der Waals surface area (Å²) in [6, 6.07) is 14.6. The lowest BCUT2D eigenvalue weighted by Gasteiger charge is -2.07. The highest BCUT2D eigenvalue weighted by molar-refractivity contribution is 7.99. The second-order valence-corrected chi connectivity index (χ2v) is 7.14. The van der Waals surface area contributed by atoms with Crippen LogP contribution in [0.3, 0.4) is 0 Å². The Labute approximate surface area is 150 Å². The van der Waals surface area contributed by atoms with E-state index in [1.165, 1.54) is 0 Å². The van der Waals surface area contributed by atoms with Gasteiger partial charge in [-0.1, -0.05) is 35.9 Å². The van der Waals surface area contributed by atoms with Crippen LogP contribution in [0.5, 0.6) is 0 Å². The minimum Gasteiger partial charge on any atom is -0.293 e. The topological polar surface area (TPSA) is 46.5 Å². The lowest BCUT2D eigenvalue weighted by atomic mass is 9.99. The van der Waals surface area contributed by atoms with Crippen LogP contribution in [0, 0.1) is 5.92 Å². The van der Waals surface area contributed by atoms with Gasteiger partial charge in [-0.2, -0.15) is 0 Å². The number of hydrogen-bond donors (Lipinski definition) is 0. The Balaban J connectivity index is 1.61. The fraction of sp³-hybridized carbons (Fsp3) is 0.211. The smallest absolute Gasteiger partial charge is 0.180 e. The zero-order valence-electron chi connectivity index (χ0n) is 13.2. The van der Waals surface area contributed by atoms with Crippen molar-refractivity contribution in [3.63, 3.8) is 0 Å². The monoisotopic (exact) mass is 357 g/mol. The fourth-order valence-electron chi connectivity index (χ4n) is 2.73. The van der Waals surface area contributed by atoms with E-state index in [-0.39, 0.29) is 11.6 Å². The number of ketones is 2. The van der Waals surface area contributed by atoms with Crippen LogP contribution in [-0.2, 0) is 0 Å². The Morgan fingerprint density at radius 3 is 2.21 bits per heavy atom. The first-order valence-corrected chi connectivity index (χ1v) is 9.01. The summed E-state index contributed by atoms with van der Waals surface area (Å²) in [4.78, 5) is 30.4. The molecule has 122 valence electrons. The number of thioether (sulfide) groups is 1. The lowest BCUT2D eigenvalue weighted by molar-refractivity contribution is 0.0883. The van der Waals surface area contributed by atoms with Gasteiger partial charge in [0, 0.05) is 39.1 Å². The first-order chi connectivity index (χ1) is 11.6. The number of fused-ring (bicyclic) bond motifs is 1. The summed E-state index contributed by atoms with van der Waals surface area (Å²) in [5.41, 5.74) is 1.62. The van der Waals surface area contributed by atoms with E-state index in [1.807, 2.05) is 24.3 Å². The maximum Gasteiger partial charge on any atom is 0.180 e. The average molecular weight is 358 g/mol. The number of nitrogens with zero attached hydrogens (tertiary/aromatic N) is 1. The second kappa shape index (κ2) is 7.32. The normalized spacial score (nSPS) is 15.0. The van der Waals surface area contributed by atoms with Gasteiger partial charge in [-0.15, -0.1) is 11.8 Å². The van der Waals surface area contributed by atoms with Gasteiger partial charge in [0.2, 0.25) is 0 Å². The van der Waals surface area contributed by atoms with Crippen molar-refractivity contribution in [1.82, 2.24) is 0 Å². The lowest BCUT2D eigenvalue weighted by Crippen LogP contribution is -2.23. The van der Waals surface area contributed by atoms with Crippen LogP contribution in [0.1, 0.15) is 27.6 Å². The van der Waals surface area contributed by atoms with E-state index in [2.05, 4.69) is 4.99 Å². The average Bonchev–Trinajstić information content (AvgIpc) is 2.85. The number of carbonyl (C=O) groups excluding carboxylic acids is 2. The summed E-state index contributed by atoms with van der Waals surface area (Å²) in [7, 11) is 0. The van der Waals surface area contributed by atoms with Gasteiger partial charge in [-0.25, -0.2) is 0 Å². The molecule has 24 heavy (non-hydrogen) atoms. The summed E-state index contributed by atoms with van der Waals surface area (Å²) in [6.07, 6.45) is 0. The first kappa shape index (κ1) is 16.9. The van der Waals surface area contributed by atoms with Crippen molar-refractivity contribution in [1.29, 1.82) is 0 Å². The second-order valence-electron chi connectivity index (χ2n) is 5.53. The molecular formula is C19H16ClNO2S. The molecule has 1 aliphatic rings. The maximum atomic E-state index is 12.4. The number of halogens is 1. The van der Waals surface area contributed by atoms with Gasteiger partial charge in [-0.3, -0.25) is 14.6 Å². The number of Topliss-reactive ketones (excluding diaryl/α,β-unsaturated/α-hetero) is 2. The summed E-state index contributed by atoms with van der Waals surface area (Å²) in [5.74, 6) is -0.242. The van der Waals surface area contributed by atoms with Gasteiger partial charge < -0.3 is 0 Å². The third-order valence-corrected chi connectivity index (χ3v) is 5.18.